The third kappa shape index (κ3) is 4.17. The summed E-state index contributed by atoms with van der Waals surface area (Å²) in [5.41, 5.74) is 1.61. The highest BCUT2D eigenvalue weighted by atomic mass is 32.2. The molecule has 1 N–H and O–H groups in total. The van der Waals surface area contributed by atoms with Crippen molar-refractivity contribution in [2.75, 3.05) is 18.0 Å². The number of hydrogen-bond acceptors (Lipinski definition) is 7. The highest BCUT2D eigenvalue weighted by Gasteiger charge is 2.23. The number of nitrogens with zero attached hydrogens (tertiary/aromatic N) is 5. The van der Waals surface area contributed by atoms with Crippen molar-refractivity contribution in [3.63, 3.8) is 0 Å². The molecule has 3 aromatic heterocycles. The van der Waals surface area contributed by atoms with E-state index < -0.39 is 0 Å². The van der Waals surface area contributed by atoms with Crippen LogP contribution in [0.2, 0.25) is 0 Å². The molecule has 0 bridgehead atoms. The van der Waals surface area contributed by atoms with E-state index >= 15 is 0 Å². The summed E-state index contributed by atoms with van der Waals surface area (Å²) < 4.78 is 7.70. The molecule has 1 fully saturated rings. The predicted molar refractivity (Wildman–Crippen MR) is 125 cm³/mol. The molecule has 0 atom stereocenters. The zero-order chi connectivity index (χ0) is 22.1. The third-order valence-corrected chi connectivity index (χ3v) is 6.96. The Morgan fingerprint density at radius 2 is 2.03 bits per heavy atom. The summed E-state index contributed by atoms with van der Waals surface area (Å²) in [6.07, 6.45) is 3.98. The molecule has 1 aliphatic heterocycles. The minimum atomic E-state index is -0.116. The minimum absolute atomic E-state index is 0.116. The van der Waals surface area contributed by atoms with Gasteiger partial charge in [-0.05, 0) is 49.4 Å². The molecule has 4 heterocycles. The predicted octanol–water partition coefficient (Wildman–Crippen LogP) is 3.99. The second-order valence-corrected chi connectivity index (χ2v) is 9.33. The van der Waals surface area contributed by atoms with Gasteiger partial charge >= 0.3 is 0 Å². The number of aryl methyl sites for hydroxylation is 1. The second-order valence-electron chi connectivity index (χ2n) is 8.39. The van der Waals surface area contributed by atoms with Crippen LogP contribution in [-0.4, -0.2) is 37.8 Å². The standard InChI is InChI=1S/C23H26N6O2S/c1-15-8-10-28(11-9-15)22-26-27-23(29(22)13-17-6-4-12-31-17)32-14-19-24-20-16(2)5-3-7-18(20)21(30)25-19/h3-7,12,15H,8-11,13-14H2,1-2H3,(H,24,25,30). The number of aromatic nitrogens is 5. The van der Waals surface area contributed by atoms with Gasteiger partial charge in [0, 0.05) is 13.1 Å². The molecule has 0 aliphatic carbocycles. The van der Waals surface area contributed by atoms with E-state index in [-0.39, 0.29) is 5.56 Å². The second kappa shape index (κ2) is 8.82. The van der Waals surface area contributed by atoms with E-state index in [4.69, 9.17) is 9.40 Å². The number of H-pyrrole nitrogens is 1. The Labute approximate surface area is 190 Å². The maximum atomic E-state index is 12.5. The molecule has 9 heteroatoms. The van der Waals surface area contributed by atoms with Gasteiger partial charge in [0.25, 0.3) is 5.56 Å². The van der Waals surface area contributed by atoms with E-state index in [1.807, 2.05) is 31.2 Å². The average molecular weight is 451 g/mol. The monoisotopic (exact) mass is 450 g/mol. The zero-order valence-corrected chi connectivity index (χ0v) is 19.1. The first-order valence-corrected chi connectivity index (χ1v) is 11.9. The van der Waals surface area contributed by atoms with Crippen LogP contribution in [0.3, 0.4) is 0 Å². The number of hydrogen-bond donors (Lipinski definition) is 1. The summed E-state index contributed by atoms with van der Waals surface area (Å²) in [6, 6.07) is 9.50. The van der Waals surface area contributed by atoms with Crippen LogP contribution in [0.5, 0.6) is 0 Å². The van der Waals surface area contributed by atoms with Crippen molar-refractivity contribution in [1.29, 1.82) is 0 Å². The Hall–Kier alpha value is -3.07. The van der Waals surface area contributed by atoms with Crippen LogP contribution < -0.4 is 10.5 Å². The van der Waals surface area contributed by atoms with Gasteiger partial charge in [0.2, 0.25) is 5.95 Å². The van der Waals surface area contributed by atoms with Gasteiger partial charge in [-0.3, -0.25) is 9.36 Å². The molecule has 166 valence electrons. The number of fused-ring (bicyclic) bond motifs is 1. The van der Waals surface area contributed by atoms with Crippen LogP contribution in [0.4, 0.5) is 5.95 Å². The molecular weight excluding hydrogens is 424 g/mol. The Kier molecular flexibility index (Phi) is 5.73. The summed E-state index contributed by atoms with van der Waals surface area (Å²) in [4.78, 5) is 22.4. The normalized spacial score (nSPS) is 15.0. The largest absolute Gasteiger partial charge is 0.467 e. The molecule has 0 amide bonds. The smallest absolute Gasteiger partial charge is 0.258 e. The van der Waals surface area contributed by atoms with E-state index in [2.05, 4.69) is 31.6 Å². The molecule has 0 unspecified atom stereocenters. The van der Waals surface area contributed by atoms with Crippen LogP contribution in [0.1, 0.15) is 36.9 Å². The highest BCUT2D eigenvalue weighted by Crippen LogP contribution is 2.28. The fourth-order valence-electron chi connectivity index (χ4n) is 4.08. The van der Waals surface area contributed by atoms with E-state index in [0.717, 1.165) is 59.8 Å². The average Bonchev–Trinajstić information content (AvgIpc) is 3.44. The van der Waals surface area contributed by atoms with Gasteiger partial charge in [-0.1, -0.05) is 30.8 Å². The quantitative estimate of drug-likeness (QED) is 0.444. The summed E-state index contributed by atoms with van der Waals surface area (Å²) in [7, 11) is 0. The van der Waals surface area contributed by atoms with E-state index in [1.165, 1.54) is 11.8 Å². The number of piperidine rings is 1. The summed E-state index contributed by atoms with van der Waals surface area (Å²) in [6.45, 7) is 6.77. The van der Waals surface area contributed by atoms with Gasteiger partial charge in [-0.15, -0.1) is 10.2 Å². The molecule has 8 nitrogen and oxygen atoms in total. The van der Waals surface area contributed by atoms with Gasteiger partial charge in [-0.25, -0.2) is 4.98 Å². The molecule has 1 aliphatic rings. The molecule has 1 aromatic carbocycles. The lowest BCUT2D eigenvalue weighted by atomic mass is 10.00. The lowest BCUT2D eigenvalue weighted by Crippen LogP contribution is -2.35. The van der Waals surface area contributed by atoms with Crippen molar-refractivity contribution in [3.05, 3.63) is 64.1 Å². The summed E-state index contributed by atoms with van der Waals surface area (Å²) in [5, 5.41) is 10.4. The Morgan fingerprint density at radius 3 is 2.81 bits per heavy atom. The van der Waals surface area contributed by atoms with Crippen molar-refractivity contribution in [3.8, 4) is 0 Å². The van der Waals surface area contributed by atoms with E-state index in [0.29, 0.717) is 23.5 Å². The van der Waals surface area contributed by atoms with Crippen LogP contribution >= 0.6 is 11.8 Å². The third-order valence-electron chi connectivity index (χ3n) is 5.98. The number of thioether (sulfide) groups is 1. The molecule has 5 rings (SSSR count). The SMILES string of the molecule is Cc1cccc2c(=O)[nH]c(CSc3nnc(N4CCC(C)CC4)n3Cc3ccco3)nc12. The van der Waals surface area contributed by atoms with E-state index in [1.54, 1.807) is 12.3 Å². The topological polar surface area (TPSA) is 92.8 Å². The van der Waals surface area contributed by atoms with Crippen LogP contribution in [-0.2, 0) is 12.3 Å². The Bertz CT molecular complexity index is 1270. The van der Waals surface area contributed by atoms with Gasteiger partial charge in [0.1, 0.15) is 11.6 Å². The number of furan rings is 1. The number of benzene rings is 1. The Balaban J connectivity index is 1.42. The van der Waals surface area contributed by atoms with Gasteiger partial charge < -0.3 is 14.3 Å². The summed E-state index contributed by atoms with van der Waals surface area (Å²) >= 11 is 1.52. The van der Waals surface area contributed by atoms with E-state index in [9.17, 15) is 4.79 Å². The maximum Gasteiger partial charge on any atom is 0.258 e. The molecular formula is C23H26N6O2S. The van der Waals surface area contributed by atoms with Gasteiger partial charge in [0.05, 0.1) is 29.5 Å². The lowest BCUT2D eigenvalue weighted by molar-refractivity contribution is 0.427. The van der Waals surface area contributed by atoms with Crippen molar-refractivity contribution in [2.45, 2.75) is 44.1 Å². The van der Waals surface area contributed by atoms with Crippen molar-refractivity contribution >= 4 is 28.6 Å². The Morgan fingerprint density at radius 1 is 1.19 bits per heavy atom. The number of aromatic amines is 1. The van der Waals surface area contributed by atoms with Crippen molar-refractivity contribution in [1.82, 2.24) is 24.7 Å². The molecule has 0 saturated carbocycles. The lowest BCUT2D eigenvalue weighted by Gasteiger charge is -2.31. The fourth-order valence-corrected chi connectivity index (χ4v) is 4.88. The molecule has 1 saturated heterocycles. The molecule has 0 spiro atoms. The first-order valence-electron chi connectivity index (χ1n) is 10.9. The van der Waals surface area contributed by atoms with Crippen LogP contribution in [0.15, 0.2) is 51.0 Å². The van der Waals surface area contributed by atoms with Gasteiger partial charge in [-0.2, -0.15) is 0 Å². The first kappa shape index (κ1) is 20.8. The number of para-hydroxylation sites is 1. The minimum Gasteiger partial charge on any atom is -0.467 e. The van der Waals surface area contributed by atoms with Crippen LogP contribution in [0, 0.1) is 12.8 Å². The van der Waals surface area contributed by atoms with Crippen LogP contribution in [0.25, 0.3) is 10.9 Å². The molecule has 0 radical (unpaired) electrons. The highest BCUT2D eigenvalue weighted by molar-refractivity contribution is 7.98. The first-order chi connectivity index (χ1) is 15.6. The van der Waals surface area contributed by atoms with Crippen molar-refractivity contribution in [2.24, 2.45) is 5.92 Å². The number of rotatable bonds is 6. The number of nitrogens with one attached hydrogen (secondary N) is 1. The zero-order valence-electron chi connectivity index (χ0n) is 18.2. The molecule has 4 aromatic rings. The number of anilines is 1. The molecule has 32 heavy (non-hydrogen) atoms. The maximum absolute atomic E-state index is 12.5. The fraction of sp³-hybridized carbons (Fsp3) is 0.391. The summed E-state index contributed by atoms with van der Waals surface area (Å²) in [5.74, 6) is 3.58. The van der Waals surface area contributed by atoms with Gasteiger partial charge in [0.15, 0.2) is 5.16 Å². The van der Waals surface area contributed by atoms with Crippen molar-refractivity contribution < 1.29 is 4.42 Å².